The number of esters is 1. The van der Waals surface area contributed by atoms with E-state index in [0.29, 0.717) is 6.42 Å². The van der Waals surface area contributed by atoms with Gasteiger partial charge in [-0.15, -0.1) is 0 Å². The van der Waals surface area contributed by atoms with Gasteiger partial charge in [0.2, 0.25) is 5.67 Å². The maximum absolute atomic E-state index is 13.4. The van der Waals surface area contributed by atoms with E-state index in [0.717, 1.165) is 0 Å². The van der Waals surface area contributed by atoms with Crippen LogP contribution in [0.15, 0.2) is 0 Å². The molecule has 1 aliphatic rings. The van der Waals surface area contributed by atoms with E-state index in [-0.39, 0.29) is 12.0 Å². The van der Waals surface area contributed by atoms with Crippen LogP contribution in [-0.4, -0.2) is 17.7 Å². The van der Waals surface area contributed by atoms with Crippen molar-refractivity contribution in [2.75, 3.05) is 0 Å². The van der Waals surface area contributed by atoms with Gasteiger partial charge in [0.15, 0.2) is 0 Å². The highest BCUT2D eigenvalue weighted by atomic mass is 19.1. The number of hydrogen-bond donors (Lipinski definition) is 0. The molecule has 1 fully saturated rings. The third-order valence-corrected chi connectivity index (χ3v) is 2.47. The van der Waals surface area contributed by atoms with E-state index in [1.165, 1.54) is 6.92 Å². The first kappa shape index (κ1) is 8.50. The molecule has 2 nitrogen and oxygen atoms in total. The Balaban J connectivity index is 2.80. The van der Waals surface area contributed by atoms with E-state index in [4.69, 9.17) is 4.74 Å². The number of ether oxygens (including phenoxy) is 1. The molecule has 64 valence electrons. The lowest BCUT2D eigenvalue weighted by Crippen LogP contribution is -2.31. The molecule has 1 heterocycles. The van der Waals surface area contributed by atoms with Crippen LogP contribution >= 0.6 is 0 Å². The summed E-state index contributed by atoms with van der Waals surface area (Å²) >= 11 is 0. The number of cyclic esters (lactones) is 1. The first-order valence-electron chi connectivity index (χ1n) is 3.90. The molecular weight excluding hydrogens is 147 g/mol. The normalized spacial score (nSPS) is 44.2. The van der Waals surface area contributed by atoms with E-state index < -0.39 is 11.6 Å². The van der Waals surface area contributed by atoms with Gasteiger partial charge in [0.1, 0.15) is 6.10 Å². The van der Waals surface area contributed by atoms with Crippen LogP contribution in [0.1, 0.15) is 27.2 Å². The van der Waals surface area contributed by atoms with Gasteiger partial charge in [0.25, 0.3) is 0 Å². The Morgan fingerprint density at radius 2 is 2.27 bits per heavy atom. The Kier molecular flexibility index (Phi) is 1.90. The van der Waals surface area contributed by atoms with Crippen LogP contribution in [0.4, 0.5) is 4.39 Å². The van der Waals surface area contributed by atoms with Crippen molar-refractivity contribution in [3.05, 3.63) is 0 Å². The lowest BCUT2D eigenvalue weighted by molar-refractivity contribution is -0.149. The summed E-state index contributed by atoms with van der Waals surface area (Å²) in [5, 5.41) is 0. The molecule has 0 aromatic carbocycles. The number of halogens is 1. The van der Waals surface area contributed by atoms with Gasteiger partial charge < -0.3 is 4.74 Å². The fourth-order valence-corrected chi connectivity index (χ4v) is 1.33. The minimum atomic E-state index is -1.78. The summed E-state index contributed by atoms with van der Waals surface area (Å²) in [4.78, 5) is 10.9. The zero-order valence-corrected chi connectivity index (χ0v) is 7.06. The monoisotopic (exact) mass is 160 g/mol. The molecule has 1 rings (SSSR count). The first-order chi connectivity index (χ1) is 5.00. The smallest absolute Gasteiger partial charge is 0.344 e. The topological polar surface area (TPSA) is 26.3 Å². The van der Waals surface area contributed by atoms with Crippen LogP contribution in [0.3, 0.4) is 0 Å². The van der Waals surface area contributed by atoms with Crippen molar-refractivity contribution in [2.24, 2.45) is 5.92 Å². The van der Waals surface area contributed by atoms with Crippen LogP contribution in [0, 0.1) is 5.92 Å². The molecule has 0 saturated carbocycles. The van der Waals surface area contributed by atoms with E-state index in [9.17, 15) is 9.18 Å². The van der Waals surface area contributed by atoms with Crippen molar-refractivity contribution < 1.29 is 13.9 Å². The molecule has 0 aromatic heterocycles. The van der Waals surface area contributed by atoms with Gasteiger partial charge in [-0.25, -0.2) is 9.18 Å². The minimum absolute atomic E-state index is 0.238. The third kappa shape index (κ3) is 1.12. The van der Waals surface area contributed by atoms with Gasteiger partial charge in [-0.3, -0.25) is 0 Å². The SMILES string of the molecule is CC[C@H]1OC(=O)[C@@](C)(F)[C@@H]1C. The average molecular weight is 160 g/mol. The van der Waals surface area contributed by atoms with Crippen LogP contribution in [-0.2, 0) is 9.53 Å². The number of alkyl halides is 1. The summed E-state index contributed by atoms with van der Waals surface area (Å²) in [6.45, 7) is 4.88. The maximum atomic E-state index is 13.4. The van der Waals surface area contributed by atoms with Gasteiger partial charge >= 0.3 is 5.97 Å². The Morgan fingerprint density at radius 1 is 1.73 bits per heavy atom. The molecule has 3 atom stereocenters. The highest BCUT2D eigenvalue weighted by molar-refractivity contribution is 5.81. The Labute approximate surface area is 65.7 Å². The molecular formula is C8H13FO2. The summed E-state index contributed by atoms with van der Waals surface area (Å²) in [5.41, 5.74) is -1.78. The predicted octanol–water partition coefficient (Wildman–Crippen LogP) is 1.69. The van der Waals surface area contributed by atoms with Crippen LogP contribution < -0.4 is 0 Å². The average Bonchev–Trinajstić information content (AvgIpc) is 2.14. The molecule has 0 amide bonds. The molecule has 0 unspecified atom stereocenters. The van der Waals surface area contributed by atoms with Crippen molar-refractivity contribution in [1.82, 2.24) is 0 Å². The van der Waals surface area contributed by atoms with Crippen molar-refractivity contribution in [3.8, 4) is 0 Å². The van der Waals surface area contributed by atoms with Crippen LogP contribution in [0.25, 0.3) is 0 Å². The van der Waals surface area contributed by atoms with Crippen molar-refractivity contribution in [1.29, 1.82) is 0 Å². The van der Waals surface area contributed by atoms with Gasteiger partial charge in [-0.2, -0.15) is 0 Å². The largest absolute Gasteiger partial charge is 0.460 e. The van der Waals surface area contributed by atoms with Gasteiger partial charge in [-0.1, -0.05) is 13.8 Å². The molecule has 0 N–H and O–H groups in total. The number of carbonyl (C=O) groups is 1. The maximum Gasteiger partial charge on any atom is 0.344 e. The molecule has 1 saturated heterocycles. The molecule has 0 bridgehead atoms. The van der Waals surface area contributed by atoms with E-state index in [1.807, 2.05) is 6.92 Å². The molecule has 11 heavy (non-hydrogen) atoms. The fourth-order valence-electron chi connectivity index (χ4n) is 1.33. The molecule has 0 aromatic rings. The highest BCUT2D eigenvalue weighted by Crippen LogP contribution is 2.36. The van der Waals surface area contributed by atoms with Crippen molar-refractivity contribution >= 4 is 5.97 Å². The van der Waals surface area contributed by atoms with Gasteiger partial charge in [0, 0.05) is 5.92 Å². The van der Waals surface area contributed by atoms with Crippen molar-refractivity contribution in [2.45, 2.75) is 39.0 Å². The summed E-state index contributed by atoms with van der Waals surface area (Å²) < 4.78 is 18.2. The lowest BCUT2D eigenvalue weighted by Gasteiger charge is -2.15. The summed E-state index contributed by atoms with van der Waals surface area (Å²) in [5.74, 6) is -1.03. The molecule has 3 heteroatoms. The highest BCUT2D eigenvalue weighted by Gasteiger charge is 2.51. The minimum Gasteiger partial charge on any atom is -0.460 e. The quantitative estimate of drug-likeness (QED) is 0.545. The molecule has 0 radical (unpaired) electrons. The van der Waals surface area contributed by atoms with E-state index in [2.05, 4.69) is 0 Å². The molecule has 1 aliphatic heterocycles. The lowest BCUT2D eigenvalue weighted by atomic mass is 9.90. The van der Waals surface area contributed by atoms with E-state index in [1.54, 1.807) is 6.92 Å². The van der Waals surface area contributed by atoms with Crippen LogP contribution in [0.2, 0.25) is 0 Å². The molecule has 0 aliphatic carbocycles. The number of rotatable bonds is 1. The second kappa shape index (κ2) is 2.47. The van der Waals surface area contributed by atoms with Crippen molar-refractivity contribution in [3.63, 3.8) is 0 Å². The second-order valence-electron chi connectivity index (χ2n) is 3.22. The van der Waals surface area contributed by atoms with Gasteiger partial charge in [-0.05, 0) is 13.3 Å². The second-order valence-corrected chi connectivity index (χ2v) is 3.22. The Hall–Kier alpha value is -0.600. The first-order valence-corrected chi connectivity index (χ1v) is 3.90. The Bertz CT molecular complexity index is 177. The number of hydrogen-bond acceptors (Lipinski definition) is 2. The van der Waals surface area contributed by atoms with E-state index >= 15 is 0 Å². The zero-order chi connectivity index (χ0) is 8.65. The predicted molar refractivity (Wildman–Crippen MR) is 38.8 cm³/mol. The van der Waals surface area contributed by atoms with Gasteiger partial charge in [0.05, 0.1) is 0 Å². The fraction of sp³-hybridized carbons (Fsp3) is 0.875. The zero-order valence-electron chi connectivity index (χ0n) is 7.06. The summed E-state index contributed by atoms with van der Waals surface area (Å²) in [6.07, 6.45) is 0.448. The standard InChI is InChI=1S/C8H13FO2/c1-4-6-5(2)8(3,9)7(10)11-6/h5-6H,4H2,1-3H3/t5-,6-,8+/m1/s1. The molecule has 0 spiro atoms. The van der Waals surface area contributed by atoms with Crippen LogP contribution in [0.5, 0.6) is 0 Å². The summed E-state index contributed by atoms with van der Waals surface area (Å²) in [7, 11) is 0. The number of carbonyl (C=O) groups excluding carboxylic acids is 1. The third-order valence-electron chi connectivity index (χ3n) is 2.47. The summed E-state index contributed by atoms with van der Waals surface area (Å²) in [6, 6.07) is 0. The Morgan fingerprint density at radius 3 is 2.45 bits per heavy atom.